The minimum absolute atomic E-state index is 0.00197. The summed E-state index contributed by atoms with van der Waals surface area (Å²) in [6, 6.07) is 50.5. The van der Waals surface area contributed by atoms with Gasteiger partial charge in [0, 0.05) is 74.2 Å². The van der Waals surface area contributed by atoms with Crippen LogP contribution in [0.1, 0.15) is 123 Å². The fraction of sp³-hybridized carbons (Fsp3) is 0.303. The highest BCUT2D eigenvalue weighted by atomic mass is 16.8. The molecule has 764 valence electrons. The van der Waals surface area contributed by atoms with Gasteiger partial charge in [0.05, 0.1) is 58.7 Å². The first kappa shape index (κ1) is 105. The topological polar surface area (TPSA) is 517 Å². The maximum atomic E-state index is 12.6. The molecule has 39 heteroatoms. The normalized spacial score (nSPS) is 12.1. The van der Waals surface area contributed by atoms with E-state index in [1.807, 2.05) is 255 Å². The van der Waals surface area contributed by atoms with Gasteiger partial charge in [-0.25, -0.2) is 9.59 Å². The van der Waals surface area contributed by atoms with Gasteiger partial charge in [-0.1, -0.05) is 96.1 Å². The van der Waals surface area contributed by atoms with Crippen LogP contribution in [0.2, 0.25) is 0 Å². The van der Waals surface area contributed by atoms with Crippen molar-refractivity contribution in [2.24, 2.45) is 40.9 Å². The van der Waals surface area contributed by atoms with Crippen molar-refractivity contribution in [2.45, 2.75) is 156 Å². The number of fused-ring (bicyclic) bond motifs is 4. The second-order valence-electron chi connectivity index (χ2n) is 36.4. The smallest absolute Gasteiger partial charge is 0.351 e. The summed E-state index contributed by atoms with van der Waals surface area (Å²) in [5.41, 5.74) is 18.5. The number of phenolic OH excluding ortho intramolecular Hbond substituents is 4. The molecule has 0 saturated heterocycles. The molecule has 4 heterocycles. The van der Waals surface area contributed by atoms with Gasteiger partial charge in [-0.3, -0.25) is 9.97 Å². The van der Waals surface area contributed by atoms with Gasteiger partial charge in [-0.2, -0.15) is 70.3 Å². The lowest BCUT2D eigenvalue weighted by molar-refractivity contribution is -0.229. The molecular formula is C109H122N28O11. The summed E-state index contributed by atoms with van der Waals surface area (Å²) in [6.45, 7) is 38.6. The summed E-state index contributed by atoms with van der Waals surface area (Å²) in [5.74, 6) is 2.76. The van der Waals surface area contributed by atoms with Crippen LogP contribution < -0.4 is 53.9 Å². The summed E-state index contributed by atoms with van der Waals surface area (Å²) < 4.78 is 29.3. The standard InChI is InChI=1S/C55H62N14O6.C54H60N14O5/c1-30-12-14-40(34(5)22-30)66-68-46-36(7)28-38-24-32(3)26-42(44(38)48(46)70)58-52-60-50(62-54(72)64-52)56-16-9-18-74-20-11-21-75-19-10-17-57-51-61-53(65-55(73)63-51)59-43-27-33(4)25-39-29-37(8)47(49(71)45(39)43)69-67-41-15-13-31(2)23-35(41)6;1-29-23-39-27-33(5)47(67-65-41-17-13-11-15-31(41)3)49(69)45(39)43(25-29)61-53-59-35(7)57-51(63-53)55-19-21-71-37(9)73-38(10)72-22-20-56-52-58-36(8)60-54(64-52)62-44-26-30(2)24-40-28-34(6)48(50(70)46(40)44)68-66-42-18-14-12-16-32(42)4/h12-15,22-29,70-71H,9-11,16-21H2,1-8H3,(H3,56,58,60,62,64,72)(H3,57,59,61,63,65,73);11-18,23-28,37-38,69-70H,19-22H2,1-10H3,(H2,55,57,59,61,63)(H2,56,58,60,62,64). The summed E-state index contributed by atoms with van der Waals surface area (Å²) in [6.07, 6.45) is 0.797. The number of rotatable bonds is 42. The molecule has 0 saturated carbocycles. The number of aromatic amines is 2. The van der Waals surface area contributed by atoms with Crippen LogP contribution in [0.25, 0.3) is 43.1 Å². The van der Waals surface area contributed by atoms with Gasteiger partial charge in [0.25, 0.3) is 0 Å². The van der Waals surface area contributed by atoms with E-state index in [2.05, 4.69) is 143 Å². The quantitative estimate of drug-likeness (QED) is 0.00960. The third kappa shape index (κ3) is 27.6. The highest BCUT2D eigenvalue weighted by molar-refractivity contribution is 6.07. The highest BCUT2D eigenvalue weighted by Crippen LogP contribution is 2.49. The van der Waals surface area contributed by atoms with E-state index < -0.39 is 24.0 Å². The summed E-state index contributed by atoms with van der Waals surface area (Å²) in [7, 11) is 0. The van der Waals surface area contributed by atoms with Gasteiger partial charge in [0.15, 0.2) is 35.6 Å². The Morgan fingerprint density at radius 2 is 0.595 bits per heavy atom. The first-order valence-electron chi connectivity index (χ1n) is 48.7. The molecule has 0 bridgehead atoms. The Morgan fingerprint density at radius 3 is 0.932 bits per heavy atom. The van der Waals surface area contributed by atoms with E-state index in [-0.39, 0.29) is 60.0 Å². The molecule has 39 nitrogen and oxygen atoms in total. The number of azo groups is 4. The van der Waals surface area contributed by atoms with E-state index in [4.69, 9.17) is 23.7 Å². The maximum absolute atomic E-state index is 12.6. The number of hydrogen-bond donors (Lipinski definition) is 14. The molecule has 0 amide bonds. The van der Waals surface area contributed by atoms with Gasteiger partial charge in [0.2, 0.25) is 47.6 Å². The van der Waals surface area contributed by atoms with Crippen molar-refractivity contribution in [2.75, 3.05) is 108 Å². The van der Waals surface area contributed by atoms with Crippen LogP contribution in [-0.2, 0) is 23.7 Å². The molecule has 2 unspecified atom stereocenters. The summed E-state index contributed by atoms with van der Waals surface area (Å²) in [4.78, 5) is 74.6. The minimum atomic E-state index is -0.596. The molecule has 14 N–H and O–H groups in total. The van der Waals surface area contributed by atoms with Crippen molar-refractivity contribution in [1.29, 1.82) is 0 Å². The van der Waals surface area contributed by atoms with Crippen molar-refractivity contribution in [3.63, 3.8) is 0 Å². The first-order valence-corrected chi connectivity index (χ1v) is 48.7. The average Bonchev–Trinajstić information content (AvgIpc) is 0.777. The van der Waals surface area contributed by atoms with Crippen molar-refractivity contribution in [1.82, 2.24) is 59.8 Å². The fourth-order valence-electron chi connectivity index (χ4n) is 16.8. The molecule has 4 aromatic heterocycles. The zero-order chi connectivity index (χ0) is 105. The number of benzene rings is 12. The Morgan fingerprint density at radius 1 is 0.291 bits per heavy atom. The number of hydrogen-bond acceptors (Lipinski definition) is 37. The molecule has 16 aromatic rings. The number of phenols is 4. The summed E-state index contributed by atoms with van der Waals surface area (Å²) >= 11 is 0. The van der Waals surface area contributed by atoms with E-state index >= 15 is 0 Å². The van der Waals surface area contributed by atoms with E-state index in [0.29, 0.717) is 186 Å². The largest absolute Gasteiger partial charge is 0.505 e. The van der Waals surface area contributed by atoms with Crippen LogP contribution in [0.5, 0.6) is 23.0 Å². The molecule has 0 aliphatic heterocycles. The van der Waals surface area contributed by atoms with E-state index in [1.165, 1.54) is 0 Å². The zero-order valence-corrected chi connectivity index (χ0v) is 86.1. The fourth-order valence-corrected chi connectivity index (χ4v) is 16.8. The third-order valence-electron chi connectivity index (χ3n) is 23.8. The molecule has 0 fully saturated rings. The molecule has 0 aliphatic carbocycles. The lowest BCUT2D eigenvalue weighted by atomic mass is 10.0. The molecule has 2 atom stereocenters. The predicted molar refractivity (Wildman–Crippen MR) is 580 cm³/mol. The lowest BCUT2D eigenvalue weighted by Crippen LogP contribution is -2.26. The van der Waals surface area contributed by atoms with Crippen LogP contribution in [0.4, 0.5) is 116 Å². The second kappa shape index (κ2) is 48.7. The molecule has 12 aromatic carbocycles. The van der Waals surface area contributed by atoms with Crippen LogP contribution >= 0.6 is 0 Å². The number of nitrogens with one attached hydrogen (secondary N) is 10. The average molecular weight is 2000 g/mol. The van der Waals surface area contributed by atoms with E-state index in [1.54, 1.807) is 27.7 Å². The molecule has 148 heavy (non-hydrogen) atoms. The number of H-pyrrole nitrogens is 2. The highest BCUT2D eigenvalue weighted by Gasteiger charge is 2.24. The Kier molecular flexibility index (Phi) is 34.7. The number of aryl methyl sites for hydroxylation is 16. The summed E-state index contributed by atoms with van der Waals surface area (Å²) in [5, 5.41) is 113. The SMILES string of the molecule is Cc1cc(Nc2nc(C)nc(NCCOC(C)OC(C)OCCNc3nc(C)nc(Nc4cc(C)cc5cc(C)c(N=Nc6ccccc6C)c(O)c45)n3)n2)c2c(O)c(N=Nc3ccccc3C)c(C)cc2c1.Cc1ccc(N=Nc2c(C)cc3cc(C)cc(Nc4nc(NCCCOCCCOCCCNc5nc(Nc6cc(C)cc7cc(C)c(N=Nc8ccc(C)cc8C)c(O)c67)[nH]c(=O)n5)nc(=O)[nH]4)c3c2O)c(C)c1. The van der Waals surface area contributed by atoms with Crippen molar-refractivity contribution in [3.8, 4) is 23.0 Å². The molecule has 0 aliphatic rings. The van der Waals surface area contributed by atoms with Crippen molar-refractivity contribution < 1.29 is 44.1 Å². The van der Waals surface area contributed by atoms with Crippen molar-refractivity contribution in [3.05, 3.63) is 268 Å². The number of anilines is 12. The van der Waals surface area contributed by atoms with Gasteiger partial charge in [0.1, 0.15) is 34.4 Å². The van der Waals surface area contributed by atoms with Crippen LogP contribution in [0.15, 0.2) is 208 Å². The van der Waals surface area contributed by atoms with Gasteiger partial charge in [-0.05, 0) is 305 Å². The molecule has 16 rings (SSSR count). The van der Waals surface area contributed by atoms with Gasteiger partial charge >= 0.3 is 11.4 Å². The van der Waals surface area contributed by atoms with Crippen LogP contribution in [-0.4, -0.2) is 159 Å². The first-order chi connectivity index (χ1) is 71.1. The van der Waals surface area contributed by atoms with Crippen molar-refractivity contribution >= 4 is 159 Å². The van der Waals surface area contributed by atoms with Gasteiger partial charge in [-0.15, -0.1) is 20.5 Å². The third-order valence-corrected chi connectivity index (χ3v) is 23.8. The molecular weight excluding hydrogens is 1880 g/mol. The minimum Gasteiger partial charge on any atom is -0.505 e. The maximum Gasteiger partial charge on any atom is 0.351 e. The Hall–Kier alpha value is -16.9. The van der Waals surface area contributed by atoms with E-state index in [0.717, 1.165) is 111 Å². The molecule has 0 radical (unpaired) electrons. The Labute approximate surface area is 855 Å². The lowest BCUT2D eigenvalue weighted by Gasteiger charge is -2.20. The number of aromatic hydroxyl groups is 4. The number of ether oxygens (including phenoxy) is 5. The van der Waals surface area contributed by atoms with Crippen LogP contribution in [0, 0.1) is 111 Å². The molecule has 0 spiro atoms. The Balaban J connectivity index is 0.000000222. The zero-order valence-electron chi connectivity index (χ0n) is 86.1. The van der Waals surface area contributed by atoms with E-state index in [9.17, 15) is 30.0 Å². The number of nitrogens with zero attached hydrogens (tertiary/aromatic N) is 18. The van der Waals surface area contributed by atoms with Crippen LogP contribution in [0.3, 0.4) is 0 Å². The number of aromatic nitrogens is 12. The monoisotopic (exact) mass is 2000 g/mol. The predicted octanol–water partition coefficient (Wildman–Crippen LogP) is 24.7. The Bertz CT molecular complexity index is 7400. The second-order valence-corrected chi connectivity index (χ2v) is 36.4. The van der Waals surface area contributed by atoms with Gasteiger partial charge < -0.3 is 86.6 Å².